The molecule has 1 amide bonds. The van der Waals surface area contributed by atoms with Crippen molar-refractivity contribution >= 4 is 5.91 Å². The number of hydrogen-bond donors (Lipinski definition) is 1. The van der Waals surface area contributed by atoms with E-state index in [1.54, 1.807) is 6.26 Å². The zero-order valence-electron chi connectivity index (χ0n) is 15.4. The summed E-state index contributed by atoms with van der Waals surface area (Å²) in [6.07, 6.45) is 6.68. The molecule has 0 spiro atoms. The van der Waals surface area contributed by atoms with Crippen LogP contribution < -0.4 is 5.32 Å². The first-order valence-electron chi connectivity index (χ1n) is 9.35. The molecule has 0 aliphatic carbocycles. The first-order valence-corrected chi connectivity index (χ1v) is 9.35. The second-order valence-corrected chi connectivity index (χ2v) is 6.96. The Hall–Kier alpha value is -2.01. The van der Waals surface area contributed by atoms with Gasteiger partial charge in [-0.25, -0.2) is 0 Å². The molecule has 0 atom stereocenters. The van der Waals surface area contributed by atoms with Crippen LogP contribution in [0.2, 0.25) is 0 Å². The molecule has 0 unspecified atom stereocenters. The summed E-state index contributed by atoms with van der Waals surface area (Å²) in [6, 6.07) is 5.82. The van der Waals surface area contributed by atoms with Gasteiger partial charge in [0.05, 0.1) is 18.4 Å². The summed E-state index contributed by atoms with van der Waals surface area (Å²) in [5, 5.41) is 3.08. The highest BCUT2D eigenvalue weighted by molar-refractivity contribution is 5.95. The van der Waals surface area contributed by atoms with E-state index in [0.29, 0.717) is 6.54 Å². The van der Waals surface area contributed by atoms with Crippen molar-refractivity contribution in [2.45, 2.75) is 46.1 Å². The Labute approximate surface area is 150 Å². The number of nitrogens with zero attached hydrogens (tertiary/aromatic N) is 2. The van der Waals surface area contributed by atoms with Gasteiger partial charge in [0.2, 0.25) is 0 Å². The Balaban J connectivity index is 1.51. The van der Waals surface area contributed by atoms with Gasteiger partial charge < -0.3 is 19.2 Å². The molecule has 2 aromatic rings. The van der Waals surface area contributed by atoms with Gasteiger partial charge in [-0.1, -0.05) is 6.42 Å². The van der Waals surface area contributed by atoms with Crippen molar-refractivity contribution in [3.63, 3.8) is 0 Å². The molecule has 1 aliphatic rings. The minimum atomic E-state index is 0.0254. The van der Waals surface area contributed by atoms with E-state index in [1.807, 2.05) is 32.0 Å². The van der Waals surface area contributed by atoms with Gasteiger partial charge in [-0.2, -0.15) is 0 Å². The van der Waals surface area contributed by atoms with Gasteiger partial charge in [0.25, 0.3) is 5.91 Å². The lowest BCUT2D eigenvalue weighted by Gasteiger charge is -2.26. The molecule has 0 saturated carbocycles. The summed E-state index contributed by atoms with van der Waals surface area (Å²) >= 11 is 0. The lowest BCUT2D eigenvalue weighted by molar-refractivity contribution is 0.0950. The van der Waals surface area contributed by atoms with Crippen LogP contribution in [0.25, 0.3) is 0 Å². The van der Waals surface area contributed by atoms with E-state index in [0.717, 1.165) is 42.2 Å². The van der Waals surface area contributed by atoms with E-state index in [4.69, 9.17) is 4.42 Å². The van der Waals surface area contributed by atoms with Crippen LogP contribution in [0.1, 0.15) is 53.2 Å². The maximum absolute atomic E-state index is 12.5. The maximum Gasteiger partial charge on any atom is 0.253 e. The van der Waals surface area contributed by atoms with Gasteiger partial charge in [0.15, 0.2) is 0 Å². The molecule has 0 radical (unpaired) electrons. The third kappa shape index (κ3) is 4.54. The Morgan fingerprint density at radius 2 is 2.04 bits per heavy atom. The van der Waals surface area contributed by atoms with Crippen molar-refractivity contribution in [1.29, 1.82) is 0 Å². The molecule has 3 rings (SSSR count). The first-order chi connectivity index (χ1) is 12.1. The molecule has 0 aromatic carbocycles. The summed E-state index contributed by atoms with van der Waals surface area (Å²) in [5.74, 6) is 0.924. The van der Waals surface area contributed by atoms with Crippen molar-refractivity contribution in [2.75, 3.05) is 26.2 Å². The quantitative estimate of drug-likeness (QED) is 0.784. The second kappa shape index (κ2) is 8.39. The normalized spacial score (nSPS) is 15.4. The molecule has 1 fully saturated rings. The Morgan fingerprint density at radius 1 is 1.24 bits per heavy atom. The summed E-state index contributed by atoms with van der Waals surface area (Å²) in [4.78, 5) is 15.0. The molecule has 25 heavy (non-hydrogen) atoms. The monoisotopic (exact) mass is 343 g/mol. The third-order valence-electron chi connectivity index (χ3n) is 5.10. The van der Waals surface area contributed by atoms with Crippen LogP contribution in [0.15, 0.2) is 28.9 Å². The average molecular weight is 343 g/mol. The number of likely N-dealkylation sites (tertiary alicyclic amines) is 1. The summed E-state index contributed by atoms with van der Waals surface area (Å²) in [7, 11) is 0. The highest BCUT2D eigenvalue weighted by atomic mass is 16.3. The van der Waals surface area contributed by atoms with Crippen molar-refractivity contribution < 1.29 is 9.21 Å². The number of piperidine rings is 1. The molecule has 1 N–H and O–H groups in total. The van der Waals surface area contributed by atoms with E-state index in [1.165, 1.54) is 32.4 Å². The predicted octanol–water partition coefficient (Wildman–Crippen LogP) is 3.35. The Morgan fingerprint density at radius 3 is 2.76 bits per heavy atom. The van der Waals surface area contributed by atoms with Crippen molar-refractivity contribution in [1.82, 2.24) is 14.8 Å². The van der Waals surface area contributed by atoms with Gasteiger partial charge in [0, 0.05) is 17.9 Å². The smallest absolute Gasteiger partial charge is 0.253 e. The number of aryl methyl sites for hydroxylation is 1. The number of aromatic nitrogens is 1. The standard InChI is InChI=1S/C20H29N3O2/c1-16-14-19(17(2)23(16)15-18-8-6-13-25-18)20(24)21-9-7-12-22-10-4-3-5-11-22/h6,8,13-14H,3-5,7,9-12,15H2,1-2H3,(H,21,24). The van der Waals surface area contributed by atoms with Gasteiger partial charge in [-0.05, 0) is 70.9 Å². The molecule has 0 bridgehead atoms. The molecule has 2 aromatic heterocycles. The van der Waals surface area contributed by atoms with Gasteiger partial charge in [-0.3, -0.25) is 4.79 Å². The van der Waals surface area contributed by atoms with E-state index < -0.39 is 0 Å². The van der Waals surface area contributed by atoms with Crippen LogP contribution in [0.5, 0.6) is 0 Å². The molecule has 5 nitrogen and oxygen atoms in total. The molecule has 5 heteroatoms. The average Bonchev–Trinajstić information content (AvgIpc) is 3.23. The highest BCUT2D eigenvalue weighted by Crippen LogP contribution is 2.17. The minimum Gasteiger partial charge on any atom is -0.467 e. The first kappa shape index (κ1) is 17.8. The van der Waals surface area contributed by atoms with Crippen LogP contribution in [0, 0.1) is 13.8 Å². The van der Waals surface area contributed by atoms with Gasteiger partial charge in [0.1, 0.15) is 5.76 Å². The molecular weight excluding hydrogens is 314 g/mol. The fourth-order valence-electron chi connectivity index (χ4n) is 3.62. The zero-order valence-corrected chi connectivity index (χ0v) is 15.4. The fourth-order valence-corrected chi connectivity index (χ4v) is 3.62. The molecule has 1 saturated heterocycles. The maximum atomic E-state index is 12.5. The van der Waals surface area contributed by atoms with Gasteiger partial charge in [-0.15, -0.1) is 0 Å². The fraction of sp³-hybridized carbons (Fsp3) is 0.550. The van der Waals surface area contributed by atoms with Crippen LogP contribution in [0.4, 0.5) is 0 Å². The number of furan rings is 1. The van der Waals surface area contributed by atoms with Crippen LogP contribution >= 0.6 is 0 Å². The third-order valence-corrected chi connectivity index (χ3v) is 5.10. The summed E-state index contributed by atoms with van der Waals surface area (Å²) in [5.41, 5.74) is 2.83. The SMILES string of the molecule is Cc1cc(C(=O)NCCCN2CCCCC2)c(C)n1Cc1ccco1. The highest BCUT2D eigenvalue weighted by Gasteiger charge is 2.16. The summed E-state index contributed by atoms with van der Waals surface area (Å²) in [6.45, 7) is 8.92. The lowest BCUT2D eigenvalue weighted by atomic mass is 10.1. The number of amides is 1. The van der Waals surface area contributed by atoms with E-state index in [2.05, 4.69) is 14.8 Å². The minimum absolute atomic E-state index is 0.0254. The predicted molar refractivity (Wildman–Crippen MR) is 99.0 cm³/mol. The second-order valence-electron chi connectivity index (χ2n) is 6.96. The van der Waals surface area contributed by atoms with Crippen LogP contribution in [-0.2, 0) is 6.54 Å². The Kier molecular flexibility index (Phi) is 5.97. The Bertz CT molecular complexity index is 682. The van der Waals surface area contributed by atoms with Crippen LogP contribution in [0.3, 0.4) is 0 Å². The number of nitrogens with one attached hydrogen (secondary N) is 1. The number of carbonyl (C=O) groups is 1. The van der Waals surface area contributed by atoms with E-state index >= 15 is 0 Å². The van der Waals surface area contributed by atoms with Crippen molar-refractivity contribution in [3.8, 4) is 0 Å². The van der Waals surface area contributed by atoms with Crippen molar-refractivity contribution in [2.24, 2.45) is 0 Å². The lowest BCUT2D eigenvalue weighted by Crippen LogP contribution is -2.33. The van der Waals surface area contributed by atoms with E-state index in [-0.39, 0.29) is 5.91 Å². The topological polar surface area (TPSA) is 50.4 Å². The molecule has 136 valence electrons. The zero-order chi connectivity index (χ0) is 17.6. The van der Waals surface area contributed by atoms with Gasteiger partial charge >= 0.3 is 0 Å². The van der Waals surface area contributed by atoms with Crippen molar-refractivity contribution in [3.05, 3.63) is 47.2 Å². The van der Waals surface area contributed by atoms with E-state index in [9.17, 15) is 4.79 Å². The number of carbonyl (C=O) groups excluding carboxylic acids is 1. The van der Waals surface area contributed by atoms with Crippen LogP contribution in [-0.4, -0.2) is 41.6 Å². The molecule has 3 heterocycles. The number of hydrogen-bond acceptors (Lipinski definition) is 3. The number of rotatable bonds is 7. The largest absolute Gasteiger partial charge is 0.467 e. The molecular formula is C20H29N3O2. The molecule has 1 aliphatic heterocycles. The summed E-state index contributed by atoms with van der Waals surface area (Å²) < 4.78 is 7.55.